The standard InChI is InChI=1S/C12H16ClIO/c1-2-3-4-5-12(15)10-8-9(13)6-7-11(10)14/h6-8,12,15H,2-5H2,1H3. The fourth-order valence-electron chi connectivity index (χ4n) is 1.51. The van der Waals surface area contributed by atoms with Crippen LogP contribution in [0.5, 0.6) is 0 Å². The van der Waals surface area contributed by atoms with E-state index in [-0.39, 0.29) is 6.10 Å². The van der Waals surface area contributed by atoms with E-state index < -0.39 is 0 Å². The molecule has 0 aromatic heterocycles. The SMILES string of the molecule is CCCCCC(O)c1cc(Cl)ccc1I. The lowest BCUT2D eigenvalue weighted by atomic mass is 10.0. The third kappa shape index (κ3) is 4.29. The molecule has 0 fully saturated rings. The van der Waals surface area contributed by atoms with E-state index in [0.717, 1.165) is 22.0 Å². The molecule has 0 heterocycles. The zero-order valence-electron chi connectivity index (χ0n) is 8.84. The molecule has 0 spiro atoms. The molecule has 1 unspecified atom stereocenters. The summed E-state index contributed by atoms with van der Waals surface area (Å²) in [6.07, 6.45) is 3.88. The van der Waals surface area contributed by atoms with E-state index in [1.165, 1.54) is 12.8 Å². The summed E-state index contributed by atoms with van der Waals surface area (Å²) in [7, 11) is 0. The van der Waals surface area contributed by atoms with E-state index in [9.17, 15) is 5.11 Å². The lowest BCUT2D eigenvalue weighted by Gasteiger charge is -2.12. The predicted molar refractivity (Wildman–Crippen MR) is 73.3 cm³/mol. The lowest BCUT2D eigenvalue weighted by molar-refractivity contribution is 0.163. The third-order valence-corrected chi connectivity index (χ3v) is 3.62. The van der Waals surface area contributed by atoms with Crippen LogP contribution in [0.1, 0.15) is 44.3 Å². The summed E-state index contributed by atoms with van der Waals surface area (Å²) in [5, 5.41) is 10.7. The van der Waals surface area contributed by atoms with Gasteiger partial charge in [-0.15, -0.1) is 0 Å². The Bertz CT molecular complexity index is 314. The largest absolute Gasteiger partial charge is 0.388 e. The Morgan fingerprint density at radius 3 is 2.80 bits per heavy atom. The first-order valence-electron chi connectivity index (χ1n) is 5.28. The maximum absolute atomic E-state index is 9.99. The van der Waals surface area contributed by atoms with E-state index in [2.05, 4.69) is 29.5 Å². The van der Waals surface area contributed by atoms with Crippen molar-refractivity contribution in [2.75, 3.05) is 0 Å². The summed E-state index contributed by atoms with van der Waals surface area (Å²) in [5.41, 5.74) is 0.958. The smallest absolute Gasteiger partial charge is 0.0800 e. The van der Waals surface area contributed by atoms with Crippen LogP contribution in [-0.2, 0) is 0 Å². The average Bonchev–Trinajstić information content (AvgIpc) is 2.22. The van der Waals surface area contributed by atoms with Gasteiger partial charge in [0, 0.05) is 8.59 Å². The van der Waals surface area contributed by atoms with Crippen molar-refractivity contribution in [1.82, 2.24) is 0 Å². The van der Waals surface area contributed by atoms with Crippen molar-refractivity contribution in [3.8, 4) is 0 Å². The summed E-state index contributed by atoms with van der Waals surface area (Å²) >= 11 is 8.14. The molecule has 1 N–H and O–H groups in total. The summed E-state index contributed by atoms with van der Waals surface area (Å²) < 4.78 is 1.08. The van der Waals surface area contributed by atoms with Gasteiger partial charge in [-0.1, -0.05) is 37.8 Å². The molecule has 1 aromatic carbocycles. The molecule has 84 valence electrons. The molecule has 0 aliphatic rings. The first kappa shape index (κ1) is 13.3. The number of rotatable bonds is 5. The predicted octanol–water partition coefficient (Wildman–Crippen LogP) is 4.56. The molecular weight excluding hydrogens is 322 g/mol. The quantitative estimate of drug-likeness (QED) is 0.616. The number of unbranched alkanes of at least 4 members (excludes halogenated alkanes) is 2. The molecule has 1 aromatic rings. The second-order valence-corrected chi connectivity index (χ2v) is 5.28. The van der Waals surface area contributed by atoms with Crippen molar-refractivity contribution in [2.24, 2.45) is 0 Å². The number of hydrogen-bond donors (Lipinski definition) is 1. The summed E-state index contributed by atoms with van der Waals surface area (Å²) in [4.78, 5) is 0. The van der Waals surface area contributed by atoms with Crippen molar-refractivity contribution >= 4 is 34.2 Å². The van der Waals surface area contributed by atoms with Gasteiger partial charge in [-0.05, 0) is 52.8 Å². The van der Waals surface area contributed by atoms with Gasteiger partial charge in [0.1, 0.15) is 0 Å². The normalized spacial score (nSPS) is 12.8. The molecule has 0 saturated carbocycles. The Kier molecular flexibility index (Phi) is 5.94. The highest BCUT2D eigenvalue weighted by molar-refractivity contribution is 14.1. The minimum atomic E-state index is -0.373. The van der Waals surface area contributed by atoms with Crippen LogP contribution < -0.4 is 0 Å². The number of benzene rings is 1. The fourth-order valence-corrected chi connectivity index (χ4v) is 2.39. The van der Waals surface area contributed by atoms with E-state index in [0.29, 0.717) is 5.02 Å². The van der Waals surface area contributed by atoms with Crippen molar-refractivity contribution in [3.05, 3.63) is 32.4 Å². The van der Waals surface area contributed by atoms with Crippen molar-refractivity contribution in [2.45, 2.75) is 38.7 Å². The van der Waals surface area contributed by atoms with E-state index in [4.69, 9.17) is 11.6 Å². The Labute approximate surface area is 110 Å². The molecule has 3 heteroatoms. The topological polar surface area (TPSA) is 20.2 Å². The molecule has 0 bridgehead atoms. The third-order valence-electron chi connectivity index (χ3n) is 2.40. The zero-order valence-corrected chi connectivity index (χ0v) is 11.8. The zero-order chi connectivity index (χ0) is 11.3. The van der Waals surface area contributed by atoms with Gasteiger partial charge in [0.15, 0.2) is 0 Å². The molecule has 1 rings (SSSR count). The monoisotopic (exact) mass is 338 g/mol. The summed E-state index contributed by atoms with van der Waals surface area (Å²) in [6, 6.07) is 5.66. The van der Waals surface area contributed by atoms with Crippen molar-refractivity contribution < 1.29 is 5.11 Å². The van der Waals surface area contributed by atoms with E-state index in [1.54, 1.807) is 0 Å². The van der Waals surface area contributed by atoms with Gasteiger partial charge >= 0.3 is 0 Å². The maximum atomic E-state index is 9.99. The van der Waals surface area contributed by atoms with Crippen molar-refractivity contribution in [3.63, 3.8) is 0 Å². The molecule has 0 amide bonds. The van der Waals surface area contributed by atoms with E-state index in [1.807, 2.05) is 18.2 Å². The lowest BCUT2D eigenvalue weighted by Crippen LogP contribution is -2.00. The highest BCUT2D eigenvalue weighted by atomic mass is 127. The molecule has 1 atom stereocenters. The second kappa shape index (κ2) is 6.71. The summed E-state index contributed by atoms with van der Waals surface area (Å²) in [6.45, 7) is 2.16. The molecular formula is C12H16ClIO. The van der Waals surface area contributed by atoms with Gasteiger partial charge in [0.2, 0.25) is 0 Å². The van der Waals surface area contributed by atoms with Gasteiger partial charge < -0.3 is 5.11 Å². The molecule has 1 nitrogen and oxygen atoms in total. The van der Waals surface area contributed by atoms with Crippen LogP contribution in [0, 0.1) is 3.57 Å². The van der Waals surface area contributed by atoms with Crippen LogP contribution in [0.4, 0.5) is 0 Å². The first-order chi connectivity index (χ1) is 7.15. The number of hydrogen-bond acceptors (Lipinski definition) is 1. The number of aliphatic hydroxyl groups excluding tert-OH is 1. The van der Waals surface area contributed by atoms with Gasteiger partial charge in [-0.2, -0.15) is 0 Å². The fraction of sp³-hybridized carbons (Fsp3) is 0.500. The average molecular weight is 339 g/mol. The highest BCUT2D eigenvalue weighted by Crippen LogP contribution is 2.27. The van der Waals surface area contributed by atoms with Gasteiger partial charge in [-0.25, -0.2) is 0 Å². The van der Waals surface area contributed by atoms with Crippen LogP contribution in [0.3, 0.4) is 0 Å². The van der Waals surface area contributed by atoms with Crippen LogP contribution in [0.2, 0.25) is 5.02 Å². The maximum Gasteiger partial charge on any atom is 0.0800 e. The van der Waals surface area contributed by atoms with Gasteiger partial charge in [0.25, 0.3) is 0 Å². The van der Waals surface area contributed by atoms with Crippen LogP contribution >= 0.6 is 34.2 Å². The van der Waals surface area contributed by atoms with Gasteiger partial charge in [0.05, 0.1) is 6.10 Å². The second-order valence-electron chi connectivity index (χ2n) is 3.68. The Hall–Kier alpha value is 0.200. The Morgan fingerprint density at radius 2 is 2.13 bits per heavy atom. The first-order valence-corrected chi connectivity index (χ1v) is 6.73. The number of aliphatic hydroxyl groups is 1. The van der Waals surface area contributed by atoms with Crippen LogP contribution in [-0.4, -0.2) is 5.11 Å². The van der Waals surface area contributed by atoms with Crippen LogP contribution in [0.25, 0.3) is 0 Å². The van der Waals surface area contributed by atoms with E-state index >= 15 is 0 Å². The molecule has 0 saturated heterocycles. The van der Waals surface area contributed by atoms with Crippen LogP contribution in [0.15, 0.2) is 18.2 Å². The molecule has 0 aliphatic carbocycles. The summed E-state index contributed by atoms with van der Waals surface area (Å²) in [5.74, 6) is 0. The Balaban J connectivity index is 2.64. The Morgan fingerprint density at radius 1 is 1.40 bits per heavy atom. The minimum Gasteiger partial charge on any atom is -0.388 e. The molecule has 0 aliphatic heterocycles. The van der Waals surface area contributed by atoms with Gasteiger partial charge in [-0.3, -0.25) is 0 Å². The highest BCUT2D eigenvalue weighted by Gasteiger charge is 2.11. The number of halogens is 2. The van der Waals surface area contributed by atoms with Crippen molar-refractivity contribution in [1.29, 1.82) is 0 Å². The molecule has 15 heavy (non-hydrogen) atoms. The minimum absolute atomic E-state index is 0.373. The molecule has 0 radical (unpaired) electrons.